The standard InChI is InChI=1S/C19H14ClF3N4O/c20-13-2-1-3-14(10-13)26-16-5-4-15(17(27-16)19(21,22)23)18(28)25-11-12-6-8-24-9-7-12/h1-10H,11H2,(H,25,28)(H,26,27). The van der Waals surface area contributed by atoms with Crippen LogP contribution >= 0.6 is 11.6 Å². The first-order valence-electron chi connectivity index (χ1n) is 8.11. The first-order valence-corrected chi connectivity index (χ1v) is 8.48. The molecular formula is C19H14ClF3N4O. The van der Waals surface area contributed by atoms with E-state index in [1.807, 2.05) is 0 Å². The van der Waals surface area contributed by atoms with E-state index in [2.05, 4.69) is 20.6 Å². The molecule has 28 heavy (non-hydrogen) atoms. The highest BCUT2D eigenvalue weighted by Gasteiger charge is 2.37. The molecule has 3 rings (SSSR count). The van der Waals surface area contributed by atoms with Gasteiger partial charge in [0.2, 0.25) is 0 Å². The summed E-state index contributed by atoms with van der Waals surface area (Å²) in [6.07, 6.45) is -1.74. The normalized spacial score (nSPS) is 11.1. The molecule has 0 aliphatic heterocycles. The van der Waals surface area contributed by atoms with Crippen molar-refractivity contribution in [3.8, 4) is 0 Å². The van der Waals surface area contributed by atoms with E-state index in [4.69, 9.17) is 11.6 Å². The fourth-order valence-corrected chi connectivity index (χ4v) is 2.61. The van der Waals surface area contributed by atoms with Gasteiger partial charge in [-0.15, -0.1) is 0 Å². The third-order valence-electron chi connectivity index (χ3n) is 3.71. The number of carbonyl (C=O) groups excluding carboxylic acids is 1. The lowest BCUT2D eigenvalue weighted by atomic mass is 10.1. The Bertz CT molecular complexity index is 980. The van der Waals surface area contributed by atoms with Crippen molar-refractivity contribution in [2.45, 2.75) is 12.7 Å². The molecular weight excluding hydrogens is 393 g/mol. The highest BCUT2D eigenvalue weighted by atomic mass is 35.5. The Hall–Kier alpha value is -3.13. The number of hydrogen-bond donors (Lipinski definition) is 2. The van der Waals surface area contributed by atoms with Gasteiger partial charge in [-0.05, 0) is 48.0 Å². The van der Waals surface area contributed by atoms with Gasteiger partial charge in [0.25, 0.3) is 5.91 Å². The molecule has 144 valence electrons. The van der Waals surface area contributed by atoms with E-state index in [1.54, 1.807) is 36.4 Å². The lowest BCUT2D eigenvalue weighted by Crippen LogP contribution is -2.27. The van der Waals surface area contributed by atoms with Gasteiger partial charge in [-0.3, -0.25) is 9.78 Å². The van der Waals surface area contributed by atoms with Crippen molar-refractivity contribution in [3.63, 3.8) is 0 Å². The summed E-state index contributed by atoms with van der Waals surface area (Å²) in [7, 11) is 0. The van der Waals surface area contributed by atoms with Crippen LogP contribution in [-0.4, -0.2) is 15.9 Å². The molecule has 9 heteroatoms. The fourth-order valence-electron chi connectivity index (χ4n) is 2.42. The second-order valence-electron chi connectivity index (χ2n) is 5.76. The molecule has 0 atom stereocenters. The van der Waals surface area contributed by atoms with Crippen molar-refractivity contribution in [2.75, 3.05) is 5.32 Å². The molecule has 1 amide bonds. The zero-order chi connectivity index (χ0) is 20.1. The van der Waals surface area contributed by atoms with E-state index in [0.717, 1.165) is 6.07 Å². The van der Waals surface area contributed by atoms with Gasteiger partial charge in [0.15, 0.2) is 5.69 Å². The quantitative estimate of drug-likeness (QED) is 0.637. The maximum atomic E-state index is 13.5. The van der Waals surface area contributed by atoms with Gasteiger partial charge in [0.1, 0.15) is 5.82 Å². The van der Waals surface area contributed by atoms with E-state index < -0.39 is 23.3 Å². The van der Waals surface area contributed by atoms with Crippen LogP contribution in [0.5, 0.6) is 0 Å². The SMILES string of the molecule is O=C(NCc1ccncc1)c1ccc(Nc2cccc(Cl)c2)nc1C(F)(F)F. The van der Waals surface area contributed by atoms with Gasteiger partial charge in [-0.2, -0.15) is 13.2 Å². The summed E-state index contributed by atoms with van der Waals surface area (Å²) < 4.78 is 40.4. The predicted octanol–water partition coefficient (Wildman–Crippen LogP) is 4.82. The third-order valence-corrected chi connectivity index (χ3v) is 3.94. The smallest absolute Gasteiger partial charge is 0.348 e. The molecule has 2 aromatic heterocycles. The second-order valence-corrected chi connectivity index (χ2v) is 6.20. The number of alkyl halides is 3. The Balaban J connectivity index is 1.83. The highest BCUT2D eigenvalue weighted by molar-refractivity contribution is 6.30. The van der Waals surface area contributed by atoms with Crippen molar-refractivity contribution in [1.29, 1.82) is 0 Å². The Labute approximate surface area is 163 Å². The maximum absolute atomic E-state index is 13.5. The molecule has 0 spiro atoms. The summed E-state index contributed by atoms with van der Waals surface area (Å²) in [6, 6.07) is 12.2. The molecule has 0 radical (unpaired) electrons. The third kappa shape index (κ3) is 4.98. The van der Waals surface area contributed by atoms with Gasteiger partial charge in [-0.1, -0.05) is 17.7 Å². The van der Waals surface area contributed by atoms with Crippen LogP contribution in [0.1, 0.15) is 21.6 Å². The average molecular weight is 407 g/mol. The van der Waals surface area contributed by atoms with Gasteiger partial charge < -0.3 is 10.6 Å². The van der Waals surface area contributed by atoms with E-state index in [1.165, 1.54) is 18.5 Å². The number of hydrogen-bond acceptors (Lipinski definition) is 4. The minimum absolute atomic E-state index is 0.0553. The molecule has 0 aliphatic carbocycles. The van der Waals surface area contributed by atoms with Crippen LogP contribution < -0.4 is 10.6 Å². The van der Waals surface area contributed by atoms with Gasteiger partial charge >= 0.3 is 6.18 Å². The molecule has 0 aliphatic rings. The van der Waals surface area contributed by atoms with Crippen molar-refractivity contribution in [3.05, 3.63) is 82.8 Å². The van der Waals surface area contributed by atoms with Crippen LogP contribution in [0.15, 0.2) is 60.9 Å². The van der Waals surface area contributed by atoms with E-state index in [9.17, 15) is 18.0 Å². The van der Waals surface area contributed by atoms with Crippen LogP contribution in [0.4, 0.5) is 24.7 Å². The number of nitrogens with one attached hydrogen (secondary N) is 2. The maximum Gasteiger partial charge on any atom is 0.434 e. The molecule has 0 saturated heterocycles. The van der Waals surface area contributed by atoms with Crippen molar-refractivity contribution < 1.29 is 18.0 Å². The number of pyridine rings is 2. The molecule has 0 saturated carbocycles. The largest absolute Gasteiger partial charge is 0.434 e. The number of carbonyl (C=O) groups is 1. The lowest BCUT2D eigenvalue weighted by molar-refractivity contribution is -0.141. The Morgan fingerprint density at radius 3 is 2.50 bits per heavy atom. The first-order chi connectivity index (χ1) is 13.3. The van der Waals surface area contributed by atoms with Crippen LogP contribution in [0.2, 0.25) is 5.02 Å². The summed E-state index contributed by atoms with van der Waals surface area (Å²) in [5, 5.41) is 5.63. The topological polar surface area (TPSA) is 66.9 Å². The van der Waals surface area contributed by atoms with E-state index in [0.29, 0.717) is 16.3 Å². The number of halogens is 4. The van der Waals surface area contributed by atoms with Gasteiger partial charge in [-0.25, -0.2) is 4.98 Å². The monoisotopic (exact) mass is 406 g/mol. The van der Waals surface area contributed by atoms with Crippen LogP contribution in [0.3, 0.4) is 0 Å². The van der Waals surface area contributed by atoms with Crippen molar-refractivity contribution >= 4 is 29.0 Å². The average Bonchev–Trinajstić information content (AvgIpc) is 2.66. The lowest BCUT2D eigenvalue weighted by Gasteiger charge is -2.14. The molecule has 1 aromatic carbocycles. The summed E-state index contributed by atoms with van der Waals surface area (Å²) in [5.41, 5.74) is -0.642. The summed E-state index contributed by atoms with van der Waals surface area (Å²) in [6.45, 7) is 0.0706. The van der Waals surface area contributed by atoms with E-state index in [-0.39, 0.29) is 12.4 Å². The zero-order valence-electron chi connectivity index (χ0n) is 14.3. The number of aromatic nitrogens is 2. The van der Waals surface area contributed by atoms with Crippen molar-refractivity contribution in [1.82, 2.24) is 15.3 Å². The Kier molecular flexibility index (Phi) is 5.79. The van der Waals surface area contributed by atoms with Gasteiger partial charge in [0.05, 0.1) is 5.56 Å². The first kappa shape index (κ1) is 19.6. The van der Waals surface area contributed by atoms with Crippen LogP contribution in [-0.2, 0) is 12.7 Å². The number of nitrogens with zero attached hydrogens (tertiary/aromatic N) is 2. The second kappa shape index (κ2) is 8.26. The number of anilines is 2. The summed E-state index contributed by atoms with van der Waals surface area (Å²) >= 11 is 5.87. The number of rotatable bonds is 5. The predicted molar refractivity (Wildman–Crippen MR) is 99.4 cm³/mol. The Morgan fingerprint density at radius 1 is 1.07 bits per heavy atom. The fraction of sp³-hybridized carbons (Fsp3) is 0.105. The van der Waals surface area contributed by atoms with Crippen molar-refractivity contribution in [2.24, 2.45) is 0 Å². The molecule has 0 fully saturated rings. The molecule has 3 aromatic rings. The minimum atomic E-state index is -4.80. The Morgan fingerprint density at radius 2 is 1.82 bits per heavy atom. The van der Waals surface area contributed by atoms with Gasteiger partial charge in [0, 0.05) is 29.6 Å². The summed E-state index contributed by atoms with van der Waals surface area (Å²) in [4.78, 5) is 19.7. The number of benzene rings is 1. The molecule has 0 unspecified atom stereocenters. The number of amides is 1. The highest BCUT2D eigenvalue weighted by Crippen LogP contribution is 2.32. The molecule has 2 heterocycles. The summed E-state index contributed by atoms with van der Waals surface area (Å²) in [5.74, 6) is -0.925. The van der Waals surface area contributed by atoms with Crippen LogP contribution in [0, 0.1) is 0 Å². The molecule has 2 N–H and O–H groups in total. The van der Waals surface area contributed by atoms with Crippen LogP contribution in [0.25, 0.3) is 0 Å². The molecule has 0 bridgehead atoms. The zero-order valence-corrected chi connectivity index (χ0v) is 15.1. The minimum Gasteiger partial charge on any atom is -0.348 e. The van der Waals surface area contributed by atoms with E-state index >= 15 is 0 Å². The molecule has 5 nitrogen and oxygen atoms in total.